The average Bonchev–Trinajstić information content (AvgIpc) is 3.32. The van der Waals surface area contributed by atoms with Gasteiger partial charge in [0.25, 0.3) is 5.91 Å². The molecule has 1 amide bonds. The zero-order chi connectivity index (χ0) is 24.5. The minimum atomic E-state index is -4.45. The van der Waals surface area contributed by atoms with Gasteiger partial charge in [-0.2, -0.15) is 13.2 Å². The first-order valence-corrected chi connectivity index (χ1v) is 11.1. The van der Waals surface area contributed by atoms with Crippen LogP contribution in [0.1, 0.15) is 41.7 Å². The van der Waals surface area contributed by atoms with Crippen LogP contribution in [0, 0.1) is 5.82 Å². The number of hydrogen-bond acceptors (Lipinski definition) is 5. The van der Waals surface area contributed by atoms with Gasteiger partial charge in [0.2, 0.25) is 5.95 Å². The van der Waals surface area contributed by atoms with Crippen LogP contribution in [-0.4, -0.2) is 40.7 Å². The molecule has 1 fully saturated rings. The second kappa shape index (κ2) is 9.71. The molecule has 3 N–H and O–H groups in total. The quantitative estimate of drug-likeness (QED) is 0.419. The number of benzene rings is 2. The van der Waals surface area contributed by atoms with Gasteiger partial charge in [0, 0.05) is 23.2 Å². The van der Waals surface area contributed by atoms with E-state index >= 15 is 0 Å². The molecule has 0 bridgehead atoms. The lowest BCUT2D eigenvalue weighted by atomic mass is 9.97. The molecule has 2 heterocycles. The molecule has 0 saturated carbocycles. The predicted molar refractivity (Wildman–Crippen MR) is 121 cm³/mol. The van der Waals surface area contributed by atoms with Crippen LogP contribution in [0.5, 0.6) is 0 Å². The van der Waals surface area contributed by atoms with Crippen LogP contribution in [-0.2, 0) is 0 Å². The molecule has 0 radical (unpaired) electrons. The highest BCUT2D eigenvalue weighted by Crippen LogP contribution is 2.27. The minimum absolute atomic E-state index is 0.00771. The third-order valence-corrected chi connectivity index (χ3v) is 6.08. The van der Waals surface area contributed by atoms with Gasteiger partial charge in [-0.05, 0) is 56.1 Å². The highest BCUT2D eigenvalue weighted by atomic mass is 35.5. The molecule has 34 heavy (non-hydrogen) atoms. The summed E-state index contributed by atoms with van der Waals surface area (Å²) in [6, 6.07) is 6.67. The standard InChI is InChI=1S/C23H22ClF4N5O/c1-12(23(26,27)28)31-22-30-11-15-5-4-14(10-19(15)32-22)21(34)33-20(18-3-2-8-29-18)13-6-7-16(24)17(25)9-13/h4-7,9-12,18,20,29H,2-3,8H2,1H3,(H,33,34)(H,30,31,32)/t12-,18-,20-/m0/s1. The molecule has 0 aliphatic carbocycles. The van der Waals surface area contributed by atoms with Crippen molar-refractivity contribution in [2.45, 2.75) is 44.1 Å². The first kappa shape index (κ1) is 24.2. The number of carbonyl (C=O) groups excluding carboxylic acids is 1. The highest BCUT2D eigenvalue weighted by molar-refractivity contribution is 6.30. The Labute approximate surface area is 198 Å². The zero-order valence-electron chi connectivity index (χ0n) is 18.1. The van der Waals surface area contributed by atoms with Crippen LogP contribution in [0.2, 0.25) is 5.02 Å². The molecule has 1 aliphatic heterocycles. The van der Waals surface area contributed by atoms with Gasteiger partial charge < -0.3 is 16.0 Å². The number of aromatic nitrogens is 2. The van der Waals surface area contributed by atoms with Crippen LogP contribution >= 0.6 is 11.6 Å². The smallest absolute Gasteiger partial charge is 0.344 e. The van der Waals surface area contributed by atoms with Crippen molar-refractivity contribution < 1.29 is 22.4 Å². The molecule has 4 rings (SSSR count). The molecular formula is C23H22ClF4N5O. The SMILES string of the molecule is C[C@H](Nc1ncc2ccc(C(=O)N[C@@H](c3ccc(Cl)c(F)c3)[C@@H]3CCCN3)cc2n1)C(F)(F)F. The fraction of sp³-hybridized carbons (Fsp3) is 0.348. The van der Waals surface area contributed by atoms with Gasteiger partial charge >= 0.3 is 6.18 Å². The minimum Gasteiger partial charge on any atom is -0.344 e. The lowest BCUT2D eigenvalue weighted by Crippen LogP contribution is -2.41. The fourth-order valence-corrected chi connectivity index (χ4v) is 3.97. The monoisotopic (exact) mass is 495 g/mol. The molecular weight excluding hydrogens is 474 g/mol. The van der Waals surface area contributed by atoms with E-state index in [1.165, 1.54) is 24.4 Å². The summed E-state index contributed by atoms with van der Waals surface area (Å²) in [4.78, 5) is 21.2. The van der Waals surface area contributed by atoms with E-state index in [1.807, 2.05) is 0 Å². The largest absolute Gasteiger partial charge is 0.408 e. The molecule has 1 saturated heterocycles. The summed E-state index contributed by atoms with van der Waals surface area (Å²) >= 11 is 5.81. The van der Waals surface area contributed by atoms with Gasteiger partial charge in [-0.25, -0.2) is 14.4 Å². The maximum absolute atomic E-state index is 14.1. The number of rotatable bonds is 6. The molecule has 2 aromatic carbocycles. The van der Waals surface area contributed by atoms with Crippen LogP contribution in [0.3, 0.4) is 0 Å². The molecule has 3 atom stereocenters. The Bertz CT molecular complexity index is 1200. The molecule has 1 aromatic heterocycles. The van der Waals surface area contributed by atoms with Crippen LogP contribution in [0.4, 0.5) is 23.5 Å². The number of anilines is 1. The Hall–Kier alpha value is -2.98. The Balaban J connectivity index is 1.59. The summed E-state index contributed by atoms with van der Waals surface area (Å²) in [5, 5.41) is 9.05. The molecule has 11 heteroatoms. The number of alkyl halides is 3. The van der Waals surface area contributed by atoms with Crippen molar-refractivity contribution in [2.24, 2.45) is 0 Å². The number of hydrogen-bond donors (Lipinski definition) is 3. The Morgan fingerprint density at radius 2 is 2.03 bits per heavy atom. The number of nitrogens with one attached hydrogen (secondary N) is 3. The third kappa shape index (κ3) is 5.39. The van der Waals surface area contributed by atoms with Gasteiger partial charge in [0.15, 0.2) is 0 Å². The summed E-state index contributed by atoms with van der Waals surface area (Å²) in [6.45, 7) is 1.75. The summed E-state index contributed by atoms with van der Waals surface area (Å²) in [6.07, 6.45) is -1.35. The number of nitrogens with zero attached hydrogens (tertiary/aromatic N) is 2. The second-order valence-electron chi connectivity index (χ2n) is 8.20. The van der Waals surface area contributed by atoms with E-state index < -0.39 is 30.0 Å². The summed E-state index contributed by atoms with van der Waals surface area (Å²) in [5.74, 6) is -1.20. The molecule has 0 unspecified atom stereocenters. The molecule has 180 valence electrons. The van der Waals surface area contributed by atoms with Crippen LogP contribution < -0.4 is 16.0 Å². The number of fused-ring (bicyclic) bond motifs is 1. The molecule has 1 aliphatic rings. The zero-order valence-corrected chi connectivity index (χ0v) is 18.8. The highest BCUT2D eigenvalue weighted by Gasteiger charge is 2.36. The van der Waals surface area contributed by atoms with Gasteiger partial charge in [-0.15, -0.1) is 0 Å². The lowest BCUT2D eigenvalue weighted by Gasteiger charge is -2.26. The van der Waals surface area contributed by atoms with Gasteiger partial charge in [-0.1, -0.05) is 23.7 Å². The maximum atomic E-state index is 14.1. The number of carbonyl (C=O) groups is 1. The van der Waals surface area contributed by atoms with Gasteiger partial charge in [0.05, 0.1) is 16.6 Å². The maximum Gasteiger partial charge on any atom is 0.408 e. The number of halogens is 5. The Morgan fingerprint density at radius 1 is 1.24 bits per heavy atom. The normalized spacial score (nSPS) is 18.0. The van der Waals surface area contributed by atoms with Crippen molar-refractivity contribution in [2.75, 3.05) is 11.9 Å². The summed E-state index contributed by atoms with van der Waals surface area (Å²) in [7, 11) is 0. The van der Waals surface area contributed by atoms with E-state index in [2.05, 4.69) is 25.9 Å². The average molecular weight is 496 g/mol. The third-order valence-electron chi connectivity index (χ3n) is 5.77. The van der Waals surface area contributed by atoms with E-state index in [0.29, 0.717) is 16.5 Å². The second-order valence-corrected chi connectivity index (χ2v) is 8.61. The van der Waals surface area contributed by atoms with E-state index in [0.717, 1.165) is 26.3 Å². The van der Waals surface area contributed by atoms with Crippen molar-refractivity contribution in [1.29, 1.82) is 0 Å². The first-order valence-electron chi connectivity index (χ1n) is 10.7. The molecule has 6 nitrogen and oxygen atoms in total. The van der Waals surface area contributed by atoms with Crippen LogP contribution in [0.15, 0.2) is 42.6 Å². The molecule has 0 spiro atoms. The van der Waals surface area contributed by atoms with E-state index in [1.54, 1.807) is 18.2 Å². The van der Waals surface area contributed by atoms with Gasteiger partial charge in [0.1, 0.15) is 11.9 Å². The summed E-state index contributed by atoms with van der Waals surface area (Å²) in [5.41, 5.74) is 1.15. The van der Waals surface area contributed by atoms with Crippen molar-refractivity contribution in [3.63, 3.8) is 0 Å². The van der Waals surface area contributed by atoms with E-state index in [9.17, 15) is 22.4 Å². The van der Waals surface area contributed by atoms with Crippen LogP contribution in [0.25, 0.3) is 10.9 Å². The van der Waals surface area contributed by atoms with Crippen molar-refractivity contribution in [1.82, 2.24) is 20.6 Å². The van der Waals surface area contributed by atoms with Gasteiger partial charge in [-0.3, -0.25) is 4.79 Å². The lowest BCUT2D eigenvalue weighted by molar-refractivity contribution is -0.138. The van der Waals surface area contributed by atoms with Crippen molar-refractivity contribution in [3.8, 4) is 0 Å². The molecule has 3 aromatic rings. The van der Waals surface area contributed by atoms with Crippen molar-refractivity contribution in [3.05, 3.63) is 64.6 Å². The topological polar surface area (TPSA) is 78.9 Å². The Morgan fingerprint density at radius 3 is 2.71 bits per heavy atom. The van der Waals surface area contributed by atoms with Crippen molar-refractivity contribution >= 4 is 34.4 Å². The van der Waals surface area contributed by atoms with E-state index in [4.69, 9.17) is 11.6 Å². The Kier molecular flexibility index (Phi) is 6.90. The van der Waals surface area contributed by atoms with E-state index in [-0.39, 0.29) is 22.6 Å². The predicted octanol–water partition coefficient (Wildman–Crippen LogP) is 5.01. The number of amides is 1. The first-order chi connectivity index (χ1) is 16.1. The fourth-order valence-electron chi connectivity index (χ4n) is 3.85. The summed E-state index contributed by atoms with van der Waals surface area (Å²) < 4.78 is 52.7.